The number of hydrogen-bond acceptors (Lipinski definition) is 5. The third kappa shape index (κ3) is 5.43. The van der Waals surface area contributed by atoms with Gasteiger partial charge in [0, 0.05) is 18.0 Å². The largest absolute Gasteiger partial charge is 0.451 e. The maximum absolute atomic E-state index is 12.7. The van der Waals surface area contributed by atoms with Crippen molar-refractivity contribution in [2.75, 3.05) is 6.61 Å². The van der Waals surface area contributed by atoms with E-state index in [2.05, 4.69) is 17.3 Å². The number of hydrogen-bond donors (Lipinski definition) is 1. The van der Waals surface area contributed by atoms with Gasteiger partial charge in [0.05, 0.1) is 5.39 Å². The van der Waals surface area contributed by atoms with Gasteiger partial charge in [0.15, 0.2) is 12.3 Å². The van der Waals surface area contributed by atoms with Crippen molar-refractivity contribution in [3.8, 4) is 0 Å². The summed E-state index contributed by atoms with van der Waals surface area (Å²) in [6.45, 7) is 2.23. The second kappa shape index (κ2) is 10.2. The van der Waals surface area contributed by atoms with E-state index in [0.29, 0.717) is 17.3 Å². The van der Waals surface area contributed by atoms with Crippen LogP contribution in [0.3, 0.4) is 0 Å². The highest BCUT2D eigenvalue weighted by Gasteiger charge is 2.21. The minimum atomic E-state index is -0.690. The van der Waals surface area contributed by atoms with E-state index >= 15 is 0 Å². The Balaban J connectivity index is 1.73. The number of ether oxygens (including phenoxy) is 1. The lowest BCUT2D eigenvalue weighted by atomic mass is 10.1. The molecule has 1 aromatic carbocycles. The van der Waals surface area contributed by atoms with Crippen LogP contribution in [-0.4, -0.2) is 34.3 Å². The van der Waals surface area contributed by atoms with E-state index in [4.69, 9.17) is 4.74 Å². The molecule has 156 valence electrons. The number of nitrogens with one attached hydrogen (secondary N) is 1. The van der Waals surface area contributed by atoms with Gasteiger partial charge >= 0.3 is 5.97 Å². The Labute approximate surface area is 170 Å². The van der Waals surface area contributed by atoms with Crippen molar-refractivity contribution in [2.24, 2.45) is 0 Å². The molecule has 0 unspecified atom stereocenters. The monoisotopic (exact) mass is 399 g/mol. The van der Waals surface area contributed by atoms with Crippen LogP contribution in [-0.2, 0) is 16.1 Å². The lowest BCUT2D eigenvalue weighted by Gasteiger charge is -2.13. The first-order chi connectivity index (χ1) is 14.1. The van der Waals surface area contributed by atoms with Crippen molar-refractivity contribution in [2.45, 2.75) is 70.9 Å². The molecule has 1 aromatic heterocycles. The van der Waals surface area contributed by atoms with Gasteiger partial charge in [-0.2, -0.15) is 5.10 Å². The Morgan fingerprint density at radius 3 is 2.59 bits per heavy atom. The third-order valence-corrected chi connectivity index (χ3v) is 5.34. The molecule has 1 heterocycles. The molecule has 2 aromatic rings. The number of aromatic nitrogens is 2. The summed E-state index contributed by atoms with van der Waals surface area (Å²) in [6, 6.07) is 7.05. The van der Waals surface area contributed by atoms with Crippen molar-refractivity contribution < 1.29 is 14.3 Å². The molecule has 1 fully saturated rings. The first-order valence-electron chi connectivity index (χ1n) is 10.6. The van der Waals surface area contributed by atoms with Gasteiger partial charge in [0.2, 0.25) is 0 Å². The van der Waals surface area contributed by atoms with Crippen LogP contribution in [0.2, 0.25) is 0 Å². The van der Waals surface area contributed by atoms with Crippen molar-refractivity contribution in [3.05, 3.63) is 40.3 Å². The molecule has 29 heavy (non-hydrogen) atoms. The van der Waals surface area contributed by atoms with Crippen LogP contribution in [0, 0.1) is 0 Å². The maximum atomic E-state index is 12.7. The van der Waals surface area contributed by atoms with E-state index in [1.54, 1.807) is 24.3 Å². The number of aryl methyl sites for hydroxylation is 1. The predicted molar refractivity (Wildman–Crippen MR) is 111 cm³/mol. The van der Waals surface area contributed by atoms with Gasteiger partial charge in [-0.1, -0.05) is 57.2 Å². The average molecular weight is 399 g/mol. The van der Waals surface area contributed by atoms with Crippen molar-refractivity contribution in [1.29, 1.82) is 0 Å². The normalized spacial score (nSPS) is 14.2. The number of esters is 1. The second-order valence-corrected chi connectivity index (χ2v) is 7.61. The molecule has 1 amide bonds. The van der Waals surface area contributed by atoms with Crippen LogP contribution < -0.4 is 10.9 Å². The molecule has 1 saturated carbocycles. The van der Waals surface area contributed by atoms with Crippen LogP contribution in [0.15, 0.2) is 29.1 Å². The fourth-order valence-corrected chi connectivity index (χ4v) is 3.76. The van der Waals surface area contributed by atoms with Crippen LogP contribution in [0.5, 0.6) is 0 Å². The van der Waals surface area contributed by atoms with Crippen LogP contribution in [0.25, 0.3) is 10.8 Å². The standard InChI is InChI=1S/C22H29N3O4/c1-2-3-4-9-14-25-21(27)18-13-8-7-12-17(18)20(24-25)22(28)29-15-19(26)23-16-10-5-6-11-16/h7-8,12-13,16H,2-6,9-11,14-15H2,1H3,(H,23,26). The zero-order valence-corrected chi connectivity index (χ0v) is 17.0. The SMILES string of the molecule is CCCCCCn1nc(C(=O)OCC(=O)NC2CCCC2)c2ccccc2c1=O. The smallest absolute Gasteiger partial charge is 0.359 e. The fraction of sp³-hybridized carbons (Fsp3) is 0.545. The summed E-state index contributed by atoms with van der Waals surface area (Å²) < 4.78 is 6.56. The molecule has 7 nitrogen and oxygen atoms in total. The number of amides is 1. The van der Waals surface area contributed by atoms with E-state index in [-0.39, 0.29) is 29.8 Å². The second-order valence-electron chi connectivity index (χ2n) is 7.61. The highest BCUT2D eigenvalue weighted by molar-refractivity contribution is 6.02. The average Bonchev–Trinajstić information content (AvgIpc) is 3.24. The fourth-order valence-electron chi connectivity index (χ4n) is 3.76. The summed E-state index contributed by atoms with van der Waals surface area (Å²) >= 11 is 0. The highest BCUT2D eigenvalue weighted by atomic mass is 16.5. The van der Waals surface area contributed by atoms with E-state index < -0.39 is 5.97 Å². The molecule has 0 atom stereocenters. The number of benzene rings is 1. The maximum Gasteiger partial charge on any atom is 0.359 e. The van der Waals surface area contributed by atoms with Crippen molar-refractivity contribution in [3.63, 3.8) is 0 Å². The molecule has 3 rings (SSSR count). The Morgan fingerprint density at radius 1 is 1.14 bits per heavy atom. The molecular formula is C22H29N3O4. The summed E-state index contributed by atoms with van der Waals surface area (Å²) in [6.07, 6.45) is 8.16. The summed E-state index contributed by atoms with van der Waals surface area (Å²) in [5.74, 6) is -0.993. The predicted octanol–water partition coefficient (Wildman–Crippen LogP) is 3.19. The first kappa shape index (κ1) is 21.0. The number of carbonyl (C=O) groups is 2. The molecular weight excluding hydrogens is 370 g/mol. The van der Waals surface area contributed by atoms with E-state index in [0.717, 1.165) is 51.4 Å². The summed E-state index contributed by atoms with van der Waals surface area (Å²) in [4.78, 5) is 37.4. The minimum absolute atomic E-state index is 0.0735. The molecule has 1 aliphatic rings. The molecule has 0 aliphatic heterocycles. The van der Waals surface area contributed by atoms with Gasteiger partial charge in [-0.25, -0.2) is 9.48 Å². The summed E-state index contributed by atoms with van der Waals surface area (Å²) in [7, 11) is 0. The molecule has 0 spiro atoms. The molecule has 0 saturated heterocycles. The summed E-state index contributed by atoms with van der Waals surface area (Å²) in [5, 5.41) is 8.05. The number of rotatable bonds is 9. The first-order valence-corrected chi connectivity index (χ1v) is 10.6. The molecule has 7 heteroatoms. The number of fused-ring (bicyclic) bond motifs is 1. The quantitative estimate of drug-likeness (QED) is 0.517. The van der Waals surface area contributed by atoms with Crippen LogP contribution in [0.1, 0.15) is 68.8 Å². The number of unbranched alkanes of at least 4 members (excludes halogenated alkanes) is 3. The summed E-state index contributed by atoms with van der Waals surface area (Å²) in [5.41, 5.74) is -0.142. The van der Waals surface area contributed by atoms with Gasteiger partial charge < -0.3 is 10.1 Å². The Morgan fingerprint density at radius 2 is 1.86 bits per heavy atom. The molecule has 0 bridgehead atoms. The molecule has 1 aliphatic carbocycles. The van der Waals surface area contributed by atoms with Gasteiger partial charge in [0.25, 0.3) is 11.5 Å². The molecule has 1 N–H and O–H groups in total. The van der Waals surface area contributed by atoms with E-state index in [1.807, 2.05) is 0 Å². The van der Waals surface area contributed by atoms with Gasteiger partial charge in [-0.15, -0.1) is 0 Å². The van der Waals surface area contributed by atoms with E-state index in [1.165, 1.54) is 4.68 Å². The van der Waals surface area contributed by atoms with Gasteiger partial charge in [0.1, 0.15) is 0 Å². The Kier molecular flexibility index (Phi) is 7.38. The van der Waals surface area contributed by atoms with Crippen LogP contribution in [0.4, 0.5) is 0 Å². The van der Waals surface area contributed by atoms with Crippen molar-refractivity contribution >= 4 is 22.6 Å². The zero-order chi connectivity index (χ0) is 20.6. The highest BCUT2D eigenvalue weighted by Crippen LogP contribution is 2.18. The topological polar surface area (TPSA) is 90.3 Å². The number of nitrogens with zero attached hydrogens (tertiary/aromatic N) is 2. The number of carbonyl (C=O) groups excluding carboxylic acids is 2. The lowest BCUT2D eigenvalue weighted by molar-refractivity contribution is -0.124. The Hall–Kier alpha value is -2.70. The van der Waals surface area contributed by atoms with Crippen molar-refractivity contribution in [1.82, 2.24) is 15.1 Å². The lowest BCUT2D eigenvalue weighted by Crippen LogP contribution is -2.36. The minimum Gasteiger partial charge on any atom is -0.451 e. The Bertz CT molecular complexity index is 916. The zero-order valence-electron chi connectivity index (χ0n) is 17.0. The van der Waals surface area contributed by atoms with E-state index in [9.17, 15) is 14.4 Å². The van der Waals surface area contributed by atoms with Crippen LogP contribution >= 0.6 is 0 Å². The van der Waals surface area contributed by atoms with Gasteiger partial charge in [-0.3, -0.25) is 9.59 Å². The third-order valence-electron chi connectivity index (χ3n) is 5.34. The van der Waals surface area contributed by atoms with Gasteiger partial charge in [-0.05, 0) is 25.3 Å². The molecule has 0 radical (unpaired) electrons.